The highest BCUT2D eigenvalue weighted by Gasteiger charge is 2.01. The minimum Gasteiger partial charge on any atom is -0.377 e. The summed E-state index contributed by atoms with van der Waals surface area (Å²) < 4.78 is 8.90. The van der Waals surface area contributed by atoms with E-state index in [0.717, 1.165) is 17.6 Å². The summed E-state index contributed by atoms with van der Waals surface area (Å²) in [5.41, 5.74) is 1.25. The molecule has 3 heteroatoms. The fraction of sp³-hybridized carbons (Fsp3) is 0.385. The maximum Gasteiger partial charge on any atom is 0.0649 e. The van der Waals surface area contributed by atoms with Crippen molar-refractivity contribution in [3.05, 3.63) is 34.9 Å². The van der Waals surface area contributed by atoms with Gasteiger partial charge in [0.15, 0.2) is 0 Å². The molecule has 0 spiro atoms. The summed E-state index contributed by atoms with van der Waals surface area (Å²) in [6, 6.07) is 8.47. The van der Waals surface area contributed by atoms with E-state index in [1.54, 1.807) is 0 Å². The Morgan fingerprint density at radius 2 is 2.12 bits per heavy atom. The smallest absolute Gasteiger partial charge is 0.0649 e. The second-order valence-corrected chi connectivity index (χ2v) is 5.05. The predicted molar refractivity (Wildman–Crippen MR) is 70.7 cm³/mol. The molecule has 86 valence electrons. The van der Waals surface area contributed by atoms with Crippen LogP contribution in [0.2, 0.25) is 0 Å². The van der Waals surface area contributed by atoms with Crippen LogP contribution < -0.4 is 0 Å². The van der Waals surface area contributed by atoms with E-state index in [2.05, 4.69) is 64.8 Å². The minimum absolute atomic E-state index is 0.300. The van der Waals surface area contributed by atoms with E-state index in [1.165, 1.54) is 10.9 Å². The van der Waals surface area contributed by atoms with Gasteiger partial charge < -0.3 is 9.30 Å². The normalized spacial score (nSPS) is 11.5. The molecule has 1 heterocycles. The SMILES string of the molecule is CC(C)OCCn1ccc2ccc(Br)cc21. The van der Waals surface area contributed by atoms with Gasteiger partial charge in [0.25, 0.3) is 0 Å². The lowest BCUT2D eigenvalue weighted by atomic mass is 10.2. The third kappa shape index (κ3) is 2.66. The monoisotopic (exact) mass is 281 g/mol. The zero-order valence-corrected chi connectivity index (χ0v) is 11.2. The molecule has 1 aromatic carbocycles. The number of hydrogen-bond donors (Lipinski definition) is 0. The van der Waals surface area contributed by atoms with E-state index in [9.17, 15) is 0 Å². The van der Waals surface area contributed by atoms with Crippen LogP contribution in [0, 0.1) is 0 Å². The highest BCUT2D eigenvalue weighted by molar-refractivity contribution is 9.10. The highest BCUT2D eigenvalue weighted by atomic mass is 79.9. The summed E-state index contributed by atoms with van der Waals surface area (Å²) in [6.07, 6.45) is 2.41. The molecule has 0 aliphatic heterocycles. The van der Waals surface area contributed by atoms with Gasteiger partial charge in [-0.15, -0.1) is 0 Å². The lowest BCUT2D eigenvalue weighted by molar-refractivity contribution is 0.0733. The first-order valence-electron chi connectivity index (χ1n) is 5.53. The van der Waals surface area contributed by atoms with Crippen LogP contribution in [0.15, 0.2) is 34.9 Å². The number of halogens is 1. The van der Waals surface area contributed by atoms with Crippen molar-refractivity contribution >= 4 is 26.8 Å². The number of hydrogen-bond acceptors (Lipinski definition) is 1. The first-order valence-corrected chi connectivity index (χ1v) is 6.32. The largest absolute Gasteiger partial charge is 0.377 e. The van der Waals surface area contributed by atoms with Crippen molar-refractivity contribution in [2.45, 2.75) is 26.5 Å². The van der Waals surface area contributed by atoms with Gasteiger partial charge in [-0.25, -0.2) is 0 Å². The van der Waals surface area contributed by atoms with Crippen LogP contribution in [-0.4, -0.2) is 17.3 Å². The fourth-order valence-corrected chi connectivity index (χ4v) is 2.09. The number of aromatic nitrogens is 1. The molecule has 0 saturated heterocycles. The van der Waals surface area contributed by atoms with Crippen LogP contribution in [0.3, 0.4) is 0 Å². The molecule has 2 nitrogen and oxygen atoms in total. The summed E-state index contributed by atoms with van der Waals surface area (Å²) in [5, 5.41) is 1.27. The molecule has 0 atom stereocenters. The summed E-state index contributed by atoms with van der Waals surface area (Å²) in [7, 11) is 0. The van der Waals surface area contributed by atoms with Crippen molar-refractivity contribution in [2.75, 3.05) is 6.61 Å². The Morgan fingerprint density at radius 3 is 2.88 bits per heavy atom. The minimum atomic E-state index is 0.300. The maximum atomic E-state index is 5.56. The first-order chi connectivity index (χ1) is 7.66. The van der Waals surface area contributed by atoms with E-state index in [4.69, 9.17) is 4.74 Å². The predicted octanol–water partition coefficient (Wildman–Crippen LogP) is 3.83. The quantitative estimate of drug-likeness (QED) is 0.831. The maximum absolute atomic E-state index is 5.56. The second-order valence-electron chi connectivity index (χ2n) is 4.13. The Hall–Kier alpha value is -0.800. The summed E-state index contributed by atoms with van der Waals surface area (Å²) in [6.45, 7) is 5.78. The van der Waals surface area contributed by atoms with Crippen molar-refractivity contribution in [1.29, 1.82) is 0 Å². The zero-order valence-electron chi connectivity index (χ0n) is 9.61. The molecule has 0 unspecified atom stereocenters. The Bertz CT molecular complexity index is 476. The molecule has 0 bridgehead atoms. The van der Waals surface area contributed by atoms with E-state index >= 15 is 0 Å². The van der Waals surface area contributed by atoms with Gasteiger partial charge in [0.1, 0.15) is 0 Å². The third-order valence-electron chi connectivity index (χ3n) is 2.52. The van der Waals surface area contributed by atoms with Crippen LogP contribution in [0.1, 0.15) is 13.8 Å². The van der Waals surface area contributed by atoms with Crippen molar-refractivity contribution < 1.29 is 4.74 Å². The Labute approximate surface area is 104 Å². The number of rotatable bonds is 4. The molecule has 0 fully saturated rings. The topological polar surface area (TPSA) is 14.2 Å². The van der Waals surface area contributed by atoms with Crippen molar-refractivity contribution in [3.63, 3.8) is 0 Å². The van der Waals surface area contributed by atoms with Crippen molar-refractivity contribution in [1.82, 2.24) is 4.57 Å². The van der Waals surface area contributed by atoms with Gasteiger partial charge in [0.2, 0.25) is 0 Å². The van der Waals surface area contributed by atoms with Gasteiger partial charge in [-0.2, -0.15) is 0 Å². The Morgan fingerprint density at radius 1 is 1.31 bits per heavy atom. The molecular weight excluding hydrogens is 266 g/mol. The summed E-state index contributed by atoms with van der Waals surface area (Å²) in [4.78, 5) is 0. The fourth-order valence-electron chi connectivity index (χ4n) is 1.74. The van der Waals surface area contributed by atoms with E-state index in [0.29, 0.717) is 6.10 Å². The van der Waals surface area contributed by atoms with Crippen LogP contribution in [0.5, 0.6) is 0 Å². The average Bonchev–Trinajstić information content (AvgIpc) is 2.60. The lowest BCUT2D eigenvalue weighted by Gasteiger charge is -2.09. The summed E-state index contributed by atoms with van der Waals surface area (Å²) in [5.74, 6) is 0. The molecule has 16 heavy (non-hydrogen) atoms. The van der Waals surface area contributed by atoms with Gasteiger partial charge in [-0.3, -0.25) is 0 Å². The average molecular weight is 282 g/mol. The molecule has 0 aliphatic rings. The van der Waals surface area contributed by atoms with E-state index in [1.807, 2.05) is 0 Å². The van der Waals surface area contributed by atoms with Crippen LogP contribution in [0.4, 0.5) is 0 Å². The van der Waals surface area contributed by atoms with Gasteiger partial charge in [-0.1, -0.05) is 22.0 Å². The number of benzene rings is 1. The Kier molecular flexibility index (Phi) is 3.66. The van der Waals surface area contributed by atoms with Crippen LogP contribution in [-0.2, 0) is 11.3 Å². The number of fused-ring (bicyclic) bond motifs is 1. The molecule has 2 aromatic rings. The van der Waals surface area contributed by atoms with Gasteiger partial charge >= 0.3 is 0 Å². The highest BCUT2D eigenvalue weighted by Crippen LogP contribution is 2.20. The molecule has 0 aliphatic carbocycles. The summed E-state index contributed by atoms with van der Waals surface area (Å²) >= 11 is 3.50. The van der Waals surface area contributed by atoms with E-state index in [-0.39, 0.29) is 0 Å². The molecule has 0 saturated carbocycles. The molecule has 0 amide bonds. The lowest BCUT2D eigenvalue weighted by Crippen LogP contribution is -2.09. The first kappa shape index (κ1) is 11.7. The van der Waals surface area contributed by atoms with Gasteiger partial charge in [-0.05, 0) is 37.4 Å². The Balaban J connectivity index is 2.15. The van der Waals surface area contributed by atoms with Crippen molar-refractivity contribution in [2.24, 2.45) is 0 Å². The van der Waals surface area contributed by atoms with Crippen LogP contribution >= 0.6 is 15.9 Å². The second kappa shape index (κ2) is 5.02. The standard InChI is InChI=1S/C13H16BrNO/c1-10(2)16-8-7-15-6-5-11-3-4-12(14)9-13(11)15/h3-6,9-10H,7-8H2,1-2H3. The molecule has 0 radical (unpaired) electrons. The van der Waals surface area contributed by atoms with Crippen LogP contribution in [0.25, 0.3) is 10.9 Å². The third-order valence-corrected chi connectivity index (χ3v) is 3.01. The number of ether oxygens (including phenoxy) is 1. The zero-order chi connectivity index (χ0) is 11.5. The molecule has 0 N–H and O–H groups in total. The van der Waals surface area contributed by atoms with Crippen molar-refractivity contribution in [3.8, 4) is 0 Å². The van der Waals surface area contributed by atoms with Gasteiger partial charge in [0.05, 0.1) is 12.7 Å². The van der Waals surface area contributed by atoms with Gasteiger partial charge in [0, 0.05) is 22.7 Å². The molecular formula is C13H16BrNO. The number of nitrogens with zero attached hydrogens (tertiary/aromatic N) is 1. The molecule has 2 rings (SSSR count). The molecule has 1 aromatic heterocycles. The van der Waals surface area contributed by atoms with E-state index < -0.39 is 0 Å².